The summed E-state index contributed by atoms with van der Waals surface area (Å²) < 4.78 is 0. The first-order valence-electron chi connectivity index (χ1n) is 5.73. The van der Waals surface area contributed by atoms with Crippen LogP contribution in [-0.4, -0.2) is 40.6 Å². The van der Waals surface area contributed by atoms with E-state index in [2.05, 4.69) is 37.4 Å². The number of primary amides is 2. The lowest BCUT2D eigenvalue weighted by molar-refractivity contribution is -0.131. The van der Waals surface area contributed by atoms with Crippen molar-refractivity contribution in [2.24, 2.45) is 11.5 Å². The molecule has 0 spiro atoms. The number of rotatable bonds is 5. The molecule has 0 heterocycles. The van der Waals surface area contributed by atoms with Crippen molar-refractivity contribution in [3.8, 4) is 0 Å². The summed E-state index contributed by atoms with van der Waals surface area (Å²) in [5.41, 5.74) is 9.63. The fourth-order valence-electron chi connectivity index (χ4n) is 0.150. The van der Waals surface area contributed by atoms with Gasteiger partial charge in [-0.1, -0.05) is 26.3 Å². The Bertz CT molecular complexity index is 414. The molecule has 3 amide bonds. The summed E-state index contributed by atoms with van der Waals surface area (Å²) in [4.78, 5) is 38.6. The van der Waals surface area contributed by atoms with Crippen LogP contribution in [0.4, 0.5) is 0 Å². The molecular weight excluding hydrogens is 306 g/mol. The zero-order chi connectivity index (χ0) is 19.4. The van der Waals surface area contributed by atoms with Crippen LogP contribution in [0.1, 0.15) is 6.92 Å². The second kappa shape index (κ2) is 21.1. The number of nitrogens with two attached hydrogens (primary N) is 2. The molecule has 0 aromatic heterocycles. The first-order chi connectivity index (χ1) is 10.5. The zero-order valence-corrected chi connectivity index (χ0v) is 12.9. The molecule has 0 saturated carbocycles. The smallest absolute Gasteiger partial charge is 0.327 e. The van der Waals surface area contributed by atoms with E-state index in [0.717, 1.165) is 18.2 Å². The van der Waals surface area contributed by atoms with E-state index in [9.17, 15) is 19.2 Å². The third-order valence-electron chi connectivity index (χ3n) is 1.24. The summed E-state index contributed by atoms with van der Waals surface area (Å²) in [6.07, 6.45) is 2.98. The average Bonchev–Trinajstić information content (AvgIpc) is 2.48. The summed E-state index contributed by atoms with van der Waals surface area (Å²) >= 11 is 0. The molecule has 0 saturated heterocycles. The molecule has 7 N–H and O–H groups in total. The fourth-order valence-corrected chi connectivity index (χ4v) is 0.150. The third-order valence-corrected chi connectivity index (χ3v) is 1.24. The van der Waals surface area contributed by atoms with Crippen LogP contribution in [0.15, 0.2) is 50.1 Å². The Morgan fingerprint density at radius 1 is 1.04 bits per heavy atom. The van der Waals surface area contributed by atoms with E-state index >= 15 is 0 Å². The van der Waals surface area contributed by atoms with Crippen molar-refractivity contribution in [3.63, 3.8) is 0 Å². The quantitative estimate of drug-likeness (QED) is 0.326. The molecule has 0 aromatic rings. The molecule has 9 heteroatoms. The first-order valence-corrected chi connectivity index (χ1v) is 5.73. The number of carbonyl (C=O) groups excluding carboxylic acids is 3. The van der Waals surface area contributed by atoms with Crippen molar-refractivity contribution in [1.82, 2.24) is 5.32 Å². The Kier molecular flexibility index (Phi) is 25.7. The highest BCUT2D eigenvalue weighted by Crippen LogP contribution is 1.78. The molecule has 0 atom stereocenters. The molecule has 0 bridgehead atoms. The molecule has 0 aliphatic heterocycles. The molecule has 0 aromatic carbocycles. The molecule has 0 fully saturated rings. The second-order valence-corrected chi connectivity index (χ2v) is 3.20. The number of nitrogens with one attached hydrogen (secondary N) is 1. The summed E-state index contributed by atoms with van der Waals surface area (Å²) in [6.45, 7) is 13.7. The Morgan fingerprint density at radius 3 is 1.39 bits per heavy atom. The van der Waals surface area contributed by atoms with Gasteiger partial charge < -0.3 is 27.0 Å². The molecule has 9 nitrogen and oxygen atoms in total. The lowest BCUT2D eigenvalue weighted by atomic mass is 10.3. The van der Waals surface area contributed by atoms with Crippen LogP contribution in [0.3, 0.4) is 0 Å². The van der Waals surface area contributed by atoms with Crippen LogP contribution >= 0.6 is 0 Å². The number of amides is 3. The molecule has 0 unspecified atom stereocenters. The van der Waals surface area contributed by atoms with E-state index in [1.165, 1.54) is 0 Å². The number of aliphatic hydroxyl groups is 1. The average molecular weight is 329 g/mol. The molecule has 0 rings (SSSR count). The Balaban J connectivity index is -0.000000106. The van der Waals surface area contributed by atoms with Gasteiger partial charge >= 0.3 is 5.97 Å². The summed E-state index contributed by atoms with van der Waals surface area (Å²) in [7, 11) is 0. The highest BCUT2D eigenvalue weighted by Gasteiger charge is 1.86. The van der Waals surface area contributed by atoms with E-state index in [1.54, 1.807) is 6.92 Å². The molecular formula is C14H23N3O6. The van der Waals surface area contributed by atoms with Crippen molar-refractivity contribution < 1.29 is 29.4 Å². The van der Waals surface area contributed by atoms with E-state index in [0.29, 0.717) is 5.57 Å². The van der Waals surface area contributed by atoms with Crippen molar-refractivity contribution in [2.75, 3.05) is 6.73 Å². The third kappa shape index (κ3) is 55.2. The van der Waals surface area contributed by atoms with Gasteiger partial charge in [0.1, 0.15) is 6.73 Å². The Morgan fingerprint density at radius 2 is 1.35 bits per heavy atom. The maximum Gasteiger partial charge on any atom is 0.327 e. The number of carbonyl (C=O) groups is 4. The van der Waals surface area contributed by atoms with Crippen molar-refractivity contribution in [2.45, 2.75) is 6.92 Å². The van der Waals surface area contributed by atoms with E-state index in [4.69, 9.17) is 15.9 Å². The van der Waals surface area contributed by atoms with E-state index < -0.39 is 17.8 Å². The van der Waals surface area contributed by atoms with Crippen molar-refractivity contribution in [1.29, 1.82) is 0 Å². The Hall–Kier alpha value is -3.20. The monoisotopic (exact) mass is 329 g/mol. The molecule has 23 heavy (non-hydrogen) atoms. The molecule has 130 valence electrons. The number of carboxylic acid groups (broad SMARTS) is 1. The number of hydrogen-bond acceptors (Lipinski definition) is 5. The maximum absolute atomic E-state index is 10.0. The van der Waals surface area contributed by atoms with Crippen LogP contribution in [-0.2, 0) is 19.2 Å². The summed E-state index contributed by atoms with van der Waals surface area (Å²) in [5.74, 6) is -2.26. The van der Waals surface area contributed by atoms with Crippen LogP contribution < -0.4 is 16.8 Å². The number of hydrogen-bond donors (Lipinski definition) is 5. The standard InChI is InChI=1S/C4H7NO2.C4H7NO.C3H5NO.C3H4O2/c1-2-4(7)5-3-6;1-3(2)4(5)6;2*1-2-3(4)5/h2,6H,1,3H2,(H,5,7);1H2,2H3,(H2,5,6);2H,1H2,(H2,4,5);2H,1H2,(H,4,5). The topological polar surface area (TPSA) is 173 Å². The highest BCUT2D eigenvalue weighted by atomic mass is 16.4. The lowest BCUT2D eigenvalue weighted by Gasteiger charge is -1.89. The lowest BCUT2D eigenvalue weighted by Crippen LogP contribution is -2.20. The van der Waals surface area contributed by atoms with Crippen LogP contribution in [0.2, 0.25) is 0 Å². The van der Waals surface area contributed by atoms with Crippen LogP contribution in [0.5, 0.6) is 0 Å². The van der Waals surface area contributed by atoms with Gasteiger partial charge in [0, 0.05) is 11.6 Å². The maximum atomic E-state index is 10.0. The van der Waals surface area contributed by atoms with Gasteiger partial charge in [-0.05, 0) is 19.1 Å². The minimum absolute atomic E-state index is 0.329. The van der Waals surface area contributed by atoms with Crippen LogP contribution in [0.25, 0.3) is 0 Å². The highest BCUT2D eigenvalue weighted by molar-refractivity contribution is 5.90. The molecule has 0 aliphatic carbocycles. The fraction of sp³-hybridized carbons (Fsp3) is 0.143. The SMILES string of the molecule is C=C(C)C(N)=O.C=CC(=O)NCO.C=CC(=O)O.C=CC(N)=O. The van der Waals surface area contributed by atoms with Gasteiger partial charge in [-0.3, -0.25) is 14.4 Å². The van der Waals surface area contributed by atoms with Gasteiger partial charge in [0.25, 0.3) is 0 Å². The number of aliphatic hydroxyl groups excluding tert-OH is 1. The van der Waals surface area contributed by atoms with Gasteiger partial charge in [-0.2, -0.15) is 0 Å². The normalized spacial score (nSPS) is 7.04. The minimum atomic E-state index is -0.981. The summed E-state index contributed by atoms with van der Waals surface area (Å²) in [6, 6.07) is 0. The number of carboxylic acids is 1. The van der Waals surface area contributed by atoms with Crippen molar-refractivity contribution in [3.05, 3.63) is 50.1 Å². The molecule has 0 aliphatic rings. The summed E-state index contributed by atoms with van der Waals surface area (Å²) in [5, 5.41) is 17.7. The zero-order valence-electron chi connectivity index (χ0n) is 12.9. The second-order valence-electron chi connectivity index (χ2n) is 3.20. The van der Waals surface area contributed by atoms with Crippen molar-refractivity contribution >= 4 is 23.7 Å². The first kappa shape index (κ1) is 28.0. The van der Waals surface area contributed by atoms with Gasteiger partial charge in [0.2, 0.25) is 17.7 Å². The Labute approximate surface area is 134 Å². The van der Waals surface area contributed by atoms with E-state index in [1.807, 2.05) is 0 Å². The largest absolute Gasteiger partial charge is 0.478 e. The van der Waals surface area contributed by atoms with Gasteiger partial charge in [0.05, 0.1) is 0 Å². The predicted octanol–water partition coefficient (Wildman–Crippen LogP) is -0.799. The number of aliphatic carboxylic acids is 1. The van der Waals surface area contributed by atoms with Gasteiger partial charge in [-0.25, -0.2) is 4.79 Å². The van der Waals surface area contributed by atoms with Gasteiger partial charge in [0.15, 0.2) is 0 Å². The minimum Gasteiger partial charge on any atom is -0.478 e. The van der Waals surface area contributed by atoms with Crippen LogP contribution in [0, 0.1) is 0 Å². The molecule has 0 radical (unpaired) electrons. The van der Waals surface area contributed by atoms with E-state index in [-0.39, 0.29) is 12.6 Å². The van der Waals surface area contributed by atoms with Gasteiger partial charge in [-0.15, -0.1) is 0 Å². The predicted molar refractivity (Wildman–Crippen MR) is 86.7 cm³/mol.